The molecule has 1 aromatic heterocycles. The maximum atomic E-state index is 6.35. The minimum atomic E-state index is 0.438. The number of anilines is 1. The number of nitrogens with one attached hydrogen (secondary N) is 1. The molecule has 2 aromatic rings. The third-order valence-electron chi connectivity index (χ3n) is 3.94. The Hall–Kier alpha value is -1.59. The van der Waals surface area contributed by atoms with E-state index in [4.69, 9.17) is 11.6 Å². The number of rotatable bonds is 4. The van der Waals surface area contributed by atoms with E-state index >= 15 is 0 Å². The molecule has 1 unspecified atom stereocenters. The van der Waals surface area contributed by atoms with Gasteiger partial charge >= 0.3 is 0 Å². The lowest BCUT2D eigenvalue weighted by molar-refractivity contribution is 0.274. The van der Waals surface area contributed by atoms with E-state index in [1.807, 2.05) is 18.2 Å². The Morgan fingerprint density at radius 1 is 1.38 bits per heavy atom. The van der Waals surface area contributed by atoms with Gasteiger partial charge in [-0.2, -0.15) is 5.10 Å². The van der Waals surface area contributed by atoms with E-state index in [2.05, 4.69) is 34.1 Å². The van der Waals surface area contributed by atoms with Gasteiger partial charge in [-0.1, -0.05) is 17.7 Å². The van der Waals surface area contributed by atoms with Crippen molar-refractivity contribution in [1.82, 2.24) is 19.7 Å². The fraction of sp³-hybridized carbons (Fsp3) is 0.467. The normalized spacial score (nSPS) is 19.3. The average Bonchev–Trinajstić information content (AvgIpc) is 3.10. The standard InChI is InChI=1S/C15H20ClN5/c1-11(2)20-7-6-12(8-20)19-14-5-3-4-13(16)15(14)21-10-17-9-18-21/h3-5,9-12,19H,6-8H2,1-2H3. The molecule has 6 heteroatoms. The zero-order valence-electron chi connectivity index (χ0n) is 12.3. The first-order chi connectivity index (χ1) is 10.1. The fourth-order valence-corrected chi connectivity index (χ4v) is 3.04. The van der Waals surface area contributed by atoms with Gasteiger partial charge in [-0.05, 0) is 32.4 Å². The highest BCUT2D eigenvalue weighted by Gasteiger charge is 2.25. The summed E-state index contributed by atoms with van der Waals surface area (Å²) in [6.07, 6.45) is 4.33. The molecule has 0 amide bonds. The quantitative estimate of drug-likeness (QED) is 0.943. The van der Waals surface area contributed by atoms with Gasteiger partial charge in [0.25, 0.3) is 0 Å². The van der Waals surface area contributed by atoms with E-state index < -0.39 is 0 Å². The summed E-state index contributed by atoms with van der Waals surface area (Å²) in [6, 6.07) is 6.90. The van der Waals surface area contributed by atoms with Crippen molar-refractivity contribution in [2.24, 2.45) is 0 Å². The molecule has 1 aliphatic rings. The molecule has 0 spiro atoms. The van der Waals surface area contributed by atoms with E-state index in [1.54, 1.807) is 11.0 Å². The van der Waals surface area contributed by atoms with Crippen molar-refractivity contribution in [3.05, 3.63) is 35.9 Å². The van der Waals surface area contributed by atoms with E-state index in [0.717, 1.165) is 30.9 Å². The topological polar surface area (TPSA) is 46.0 Å². The lowest BCUT2D eigenvalue weighted by Crippen LogP contribution is -2.31. The van der Waals surface area contributed by atoms with Crippen LogP contribution in [0.3, 0.4) is 0 Å². The van der Waals surface area contributed by atoms with Gasteiger partial charge in [0, 0.05) is 25.2 Å². The molecule has 5 nitrogen and oxygen atoms in total. The van der Waals surface area contributed by atoms with Crippen LogP contribution in [0.1, 0.15) is 20.3 Å². The maximum absolute atomic E-state index is 6.35. The first kappa shape index (κ1) is 14.4. The fourth-order valence-electron chi connectivity index (χ4n) is 2.78. The van der Waals surface area contributed by atoms with Crippen LogP contribution in [0.5, 0.6) is 0 Å². The molecule has 112 valence electrons. The van der Waals surface area contributed by atoms with Crippen molar-refractivity contribution in [2.75, 3.05) is 18.4 Å². The van der Waals surface area contributed by atoms with Crippen LogP contribution in [0.4, 0.5) is 5.69 Å². The summed E-state index contributed by atoms with van der Waals surface area (Å²) in [5, 5.41) is 8.48. The molecule has 0 bridgehead atoms. The number of aromatic nitrogens is 3. The van der Waals surface area contributed by atoms with Crippen LogP contribution >= 0.6 is 11.6 Å². The molecular formula is C15H20ClN5. The van der Waals surface area contributed by atoms with Gasteiger partial charge < -0.3 is 5.32 Å². The number of likely N-dealkylation sites (tertiary alicyclic amines) is 1. The Morgan fingerprint density at radius 3 is 2.90 bits per heavy atom. The predicted molar refractivity (Wildman–Crippen MR) is 85.1 cm³/mol. The Morgan fingerprint density at radius 2 is 2.24 bits per heavy atom. The number of nitrogens with zero attached hydrogens (tertiary/aromatic N) is 4. The van der Waals surface area contributed by atoms with Crippen LogP contribution in [0.25, 0.3) is 5.69 Å². The Bertz CT molecular complexity index is 596. The minimum Gasteiger partial charge on any atom is -0.379 e. The number of benzene rings is 1. The highest BCUT2D eigenvalue weighted by atomic mass is 35.5. The average molecular weight is 306 g/mol. The summed E-state index contributed by atoms with van der Waals surface area (Å²) >= 11 is 6.35. The largest absolute Gasteiger partial charge is 0.379 e. The summed E-state index contributed by atoms with van der Waals surface area (Å²) in [7, 11) is 0. The van der Waals surface area contributed by atoms with E-state index in [0.29, 0.717) is 17.1 Å². The first-order valence-electron chi connectivity index (χ1n) is 7.29. The monoisotopic (exact) mass is 305 g/mol. The van der Waals surface area contributed by atoms with Crippen LogP contribution in [-0.2, 0) is 0 Å². The van der Waals surface area contributed by atoms with Gasteiger partial charge in [-0.15, -0.1) is 0 Å². The second-order valence-corrected chi connectivity index (χ2v) is 6.10. The van der Waals surface area contributed by atoms with Crippen molar-refractivity contribution in [1.29, 1.82) is 0 Å². The van der Waals surface area contributed by atoms with Crippen molar-refractivity contribution < 1.29 is 0 Å². The lowest BCUT2D eigenvalue weighted by atomic mass is 10.2. The van der Waals surface area contributed by atoms with Crippen LogP contribution in [0, 0.1) is 0 Å². The van der Waals surface area contributed by atoms with Gasteiger partial charge in [-0.25, -0.2) is 9.67 Å². The van der Waals surface area contributed by atoms with Gasteiger partial charge in [0.1, 0.15) is 18.3 Å². The second kappa shape index (κ2) is 6.03. The number of halogens is 1. The lowest BCUT2D eigenvalue weighted by Gasteiger charge is -2.21. The molecule has 0 radical (unpaired) electrons. The predicted octanol–water partition coefficient (Wildman–Crippen LogP) is 2.82. The highest BCUT2D eigenvalue weighted by Crippen LogP contribution is 2.29. The van der Waals surface area contributed by atoms with Gasteiger partial charge in [-0.3, -0.25) is 4.90 Å². The molecule has 1 saturated heterocycles. The highest BCUT2D eigenvalue weighted by molar-refractivity contribution is 6.33. The van der Waals surface area contributed by atoms with Gasteiger partial charge in [0.15, 0.2) is 0 Å². The summed E-state index contributed by atoms with van der Waals surface area (Å²) < 4.78 is 1.71. The van der Waals surface area contributed by atoms with Crippen molar-refractivity contribution >= 4 is 17.3 Å². The van der Waals surface area contributed by atoms with Crippen molar-refractivity contribution in [2.45, 2.75) is 32.4 Å². The van der Waals surface area contributed by atoms with Crippen LogP contribution < -0.4 is 5.32 Å². The summed E-state index contributed by atoms with van der Waals surface area (Å²) in [5.41, 5.74) is 1.86. The van der Waals surface area contributed by atoms with E-state index in [-0.39, 0.29) is 0 Å². The smallest absolute Gasteiger partial charge is 0.138 e. The Kier molecular flexibility index (Phi) is 4.12. The van der Waals surface area contributed by atoms with Crippen LogP contribution in [-0.4, -0.2) is 44.8 Å². The molecule has 1 fully saturated rings. The molecule has 2 heterocycles. The van der Waals surface area contributed by atoms with Gasteiger partial charge in [0.2, 0.25) is 0 Å². The summed E-state index contributed by atoms with van der Waals surface area (Å²) in [5.74, 6) is 0. The third kappa shape index (κ3) is 3.04. The zero-order chi connectivity index (χ0) is 14.8. The Labute approximate surface area is 129 Å². The summed E-state index contributed by atoms with van der Waals surface area (Å²) in [4.78, 5) is 6.49. The molecular weight excluding hydrogens is 286 g/mol. The molecule has 1 aliphatic heterocycles. The second-order valence-electron chi connectivity index (χ2n) is 5.69. The van der Waals surface area contributed by atoms with Crippen LogP contribution in [0.15, 0.2) is 30.9 Å². The first-order valence-corrected chi connectivity index (χ1v) is 7.67. The molecule has 1 atom stereocenters. The minimum absolute atomic E-state index is 0.438. The maximum Gasteiger partial charge on any atom is 0.138 e. The molecule has 0 saturated carbocycles. The molecule has 1 N–H and O–H groups in total. The van der Waals surface area contributed by atoms with Crippen LogP contribution in [0.2, 0.25) is 5.02 Å². The molecule has 21 heavy (non-hydrogen) atoms. The van der Waals surface area contributed by atoms with Crippen molar-refractivity contribution in [3.8, 4) is 5.69 Å². The number of hydrogen-bond acceptors (Lipinski definition) is 4. The van der Waals surface area contributed by atoms with E-state index in [1.165, 1.54) is 6.33 Å². The number of para-hydroxylation sites is 1. The zero-order valence-corrected chi connectivity index (χ0v) is 13.1. The molecule has 0 aliphatic carbocycles. The molecule has 1 aromatic carbocycles. The number of hydrogen-bond donors (Lipinski definition) is 1. The third-order valence-corrected chi connectivity index (χ3v) is 4.25. The Balaban J connectivity index is 1.82. The SMILES string of the molecule is CC(C)N1CCC(Nc2cccc(Cl)c2-n2cncn2)C1. The molecule has 3 rings (SSSR count). The van der Waals surface area contributed by atoms with E-state index in [9.17, 15) is 0 Å². The van der Waals surface area contributed by atoms with Crippen molar-refractivity contribution in [3.63, 3.8) is 0 Å². The summed E-state index contributed by atoms with van der Waals surface area (Å²) in [6.45, 7) is 6.67. The van der Waals surface area contributed by atoms with Gasteiger partial charge in [0.05, 0.1) is 10.7 Å².